The van der Waals surface area contributed by atoms with Crippen LogP contribution in [0.4, 0.5) is 0 Å². The van der Waals surface area contributed by atoms with Crippen molar-refractivity contribution in [3.8, 4) is 5.75 Å². The lowest BCUT2D eigenvalue weighted by molar-refractivity contribution is 0.278. The molecule has 1 aromatic carbocycles. The Morgan fingerprint density at radius 2 is 2.10 bits per heavy atom. The Bertz CT molecular complexity index is 502. The molecule has 0 spiro atoms. The molecule has 0 saturated heterocycles. The molecule has 3 unspecified atom stereocenters. The smallest absolute Gasteiger partial charge is 0.127 e. The molecule has 0 amide bonds. The summed E-state index contributed by atoms with van der Waals surface area (Å²) >= 11 is 0. The highest BCUT2D eigenvalue weighted by Crippen LogP contribution is 2.62. The van der Waals surface area contributed by atoms with Crippen molar-refractivity contribution < 1.29 is 4.74 Å². The van der Waals surface area contributed by atoms with Gasteiger partial charge >= 0.3 is 0 Å². The van der Waals surface area contributed by atoms with E-state index in [0.29, 0.717) is 6.04 Å². The van der Waals surface area contributed by atoms with Gasteiger partial charge in [0.25, 0.3) is 0 Å². The van der Waals surface area contributed by atoms with Gasteiger partial charge in [-0.05, 0) is 62.0 Å². The van der Waals surface area contributed by atoms with Crippen LogP contribution >= 0.6 is 0 Å². The molecule has 21 heavy (non-hydrogen) atoms. The first-order valence-corrected chi connectivity index (χ1v) is 8.88. The van der Waals surface area contributed by atoms with Gasteiger partial charge in [-0.25, -0.2) is 0 Å². The summed E-state index contributed by atoms with van der Waals surface area (Å²) in [6, 6.07) is 7.32. The van der Waals surface area contributed by atoms with Crippen LogP contribution < -0.4 is 10.1 Å². The molecule has 2 heteroatoms. The Morgan fingerprint density at radius 3 is 2.90 bits per heavy atom. The number of rotatable bonds is 5. The second-order valence-electron chi connectivity index (χ2n) is 7.06. The van der Waals surface area contributed by atoms with Crippen molar-refractivity contribution >= 4 is 0 Å². The van der Waals surface area contributed by atoms with E-state index in [4.69, 9.17) is 4.74 Å². The maximum absolute atomic E-state index is 6.08. The number of aryl methyl sites for hydroxylation is 1. The number of nitrogens with one attached hydrogen (secondary N) is 1. The summed E-state index contributed by atoms with van der Waals surface area (Å²) in [7, 11) is 0. The fourth-order valence-corrected chi connectivity index (χ4v) is 4.78. The van der Waals surface area contributed by atoms with Crippen molar-refractivity contribution in [3.05, 3.63) is 29.3 Å². The highest BCUT2D eigenvalue weighted by atomic mass is 16.5. The van der Waals surface area contributed by atoms with Crippen LogP contribution in [0.3, 0.4) is 0 Å². The number of benzene rings is 1. The molecule has 0 aromatic heterocycles. The largest absolute Gasteiger partial charge is 0.493 e. The average molecular weight is 285 g/mol. The molecule has 3 aliphatic rings. The predicted octanol–water partition coefficient (Wildman–Crippen LogP) is 4.10. The van der Waals surface area contributed by atoms with Gasteiger partial charge in [-0.15, -0.1) is 0 Å². The topological polar surface area (TPSA) is 21.3 Å². The molecule has 0 radical (unpaired) electrons. The summed E-state index contributed by atoms with van der Waals surface area (Å²) in [4.78, 5) is 0. The van der Waals surface area contributed by atoms with E-state index in [1.165, 1.54) is 49.0 Å². The fourth-order valence-electron chi connectivity index (χ4n) is 4.78. The van der Waals surface area contributed by atoms with Crippen LogP contribution in [0.25, 0.3) is 0 Å². The fraction of sp³-hybridized carbons (Fsp3) is 0.684. The Kier molecular flexibility index (Phi) is 3.66. The second-order valence-corrected chi connectivity index (χ2v) is 7.06. The van der Waals surface area contributed by atoms with Crippen LogP contribution in [0, 0.1) is 17.8 Å². The first-order chi connectivity index (χ1) is 10.4. The zero-order chi connectivity index (χ0) is 14.2. The molecule has 1 aliphatic heterocycles. The molecule has 1 aromatic rings. The lowest BCUT2D eigenvalue weighted by Crippen LogP contribution is -2.27. The van der Waals surface area contributed by atoms with Crippen molar-refractivity contribution in [2.24, 2.45) is 17.8 Å². The third-order valence-electron chi connectivity index (χ3n) is 5.77. The SMILES string of the molecule is CCCNC(c1cccc2c1OCCC2)C1C2CCCC21. The number of para-hydroxylation sites is 1. The molecule has 2 fully saturated rings. The maximum Gasteiger partial charge on any atom is 0.127 e. The zero-order valence-electron chi connectivity index (χ0n) is 13.1. The van der Waals surface area contributed by atoms with Crippen molar-refractivity contribution in [1.82, 2.24) is 5.32 Å². The minimum Gasteiger partial charge on any atom is -0.493 e. The van der Waals surface area contributed by atoms with Gasteiger partial charge in [-0.1, -0.05) is 31.5 Å². The molecule has 1 heterocycles. The number of fused-ring (bicyclic) bond motifs is 2. The predicted molar refractivity (Wildman–Crippen MR) is 85.6 cm³/mol. The van der Waals surface area contributed by atoms with Crippen LogP contribution in [0.15, 0.2) is 18.2 Å². The monoisotopic (exact) mass is 285 g/mol. The summed E-state index contributed by atoms with van der Waals surface area (Å²) in [5, 5.41) is 3.85. The average Bonchev–Trinajstić information content (AvgIpc) is 2.99. The van der Waals surface area contributed by atoms with Gasteiger partial charge in [0, 0.05) is 11.6 Å². The zero-order valence-corrected chi connectivity index (χ0v) is 13.1. The first kappa shape index (κ1) is 13.6. The molecule has 114 valence electrons. The minimum atomic E-state index is 0.522. The highest BCUT2D eigenvalue weighted by molar-refractivity contribution is 5.45. The van der Waals surface area contributed by atoms with Crippen LogP contribution in [-0.4, -0.2) is 13.2 Å². The van der Waals surface area contributed by atoms with Gasteiger partial charge in [0.1, 0.15) is 5.75 Å². The first-order valence-electron chi connectivity index (χ1n) is 8.88. The Morgan fingerprint density at radius 1 is 1.24 bits per heavy atom. The van der Waals surface area contributed by atoms with E-state index in [2.05, 4.69) is 30.4 Å². The van der Waals surface area contributed by atoms with E-state index in [1.54, 1.807) is 0 Å². The quantitative estimate of drug-likeness (QED) is 0.879. The van der Waals surface area contributed by atoms with E-state index in [-0.39, 0.29) is 0 Å². The van der Waals surface area contributed by atoms with Crippen molar-refractivity contribution in [1.29, 1.82) is 0 Å². The van der Waals surface area contributed by atoms with Crippen LogP contribution in [0.1, 0.15) is 56.2 Å². The van der Waals surface area contributed by atoms with Crippen molar-refractivity contribution in [3.63, 3.8) is 0 Å². The summed E-state index contributed by atoms with van der Waals surface area (Å²) in [5.41, 5.74) is 2.87. The standard InChI is InChI=1S/C19H27NO/c1-2-11-20-18(17-14-8-4-9-15(14)17)16-10-3-6-13-7-5-12-21-19(13)16/h3,6,10,14-15,17-18,20H,2,4-5,7-9,11-12H2,1H3. The van der Waals surface area contributed by atoms with Crippen LogP contribution in [-0.2, 0) is 6.42 Å². The summed E-state index contributed by atoms with van der Waals surface area (Å²) in [6.07, 6.45) is 7.91. The lowest BCUT2D eigenvalue weighted by atomic mass is 9.92. The Hall–Kier alpha value is -1.02. The third-order valence-corrected chi connectivity index (χ3v) is 5.77. The Labute approximate surface area is 128 Å². The molecule has 2 nitrogen and oxygen atoms in total. The van der Waals surface area contributed by atoms with E-state index < -0.39 is 0 Å². The van der Waals surface area contributed by atoms with Gasteiger partial charge in [0.05, 0.1) is 6.61 Å². The van der Waals surface area contributed by atoms with Gasteiger partial charge in [-0.2, -0.15) is 0 Å². The van der Waals surface area contributed by atoms with Gasteiger partial charge in [-0.3, -0.25) is 0 Å². The molecule has 0 bridgehead atoms. The number of ether oxygens (including phenoxy) is 1. The molecular weight excluding hydrogens is 258 g/mol. The van der Waals surface area contributed by atoms with E-state index in [1.807, 2.05) is 0 Å². The Balaban J connectivity index is 1.64. The normalized spacial score (nSPS) is 31.2. The molecule has 4 rings (SSSR count). The van der Waals surface area contributed by atoms with Gasteiger partial charge < -0.3 is 10.1 Å². The van der Waals surface area contributed by atoms with Crippen LogP contribution in [0.5, 0.6) is 5.75 Å². The highest BCUT2D eigenvalue weighted by Gasteiger charge is 2.56. The number of hydrogen-bond acceptors (Lipinski definition) is 2. The molecule has 3 atom stereocenters. The summed E-state index contributed by atoms with van der Waals surface area (Å²) in [6.45, 7) is 4.26. The van der Waals surface area contributed by atoms with Crippen LogP contribution in [0.2, 0.25) is 0 Å². The summed E-state index contributed by atoms with van der Waals surface area (Å²) < 4.78 is 6.08. The van der Waals surface area contributed by atoms with Gasteiger partial charge in [0.15, 0.2) is 0 Å². The molecule has 2 aliphatic carbocycles. The molecule has 2 saturated carbocycles. The van der Waals surface area contributed by atoms with E-state index >= 15 is 0 Å². The second kappa shape index (κ2) is 5.64. The van der Waals surface area contributed by atoms with E-state index in [9.17, 15) is 0 Å². The minimum absolute atomic E-state index is 0.522. The molecular formula is C19H27NO. The maximum atomic E-state index is 6.08. The van der Waals surface area contributed by atoms with Crippen molar-refractivity contribution in [2.45, 2.75) is 51.5 Å². The molecule has 1 N–H and O–H groups in total. The van der Waals surface area contributed by atoms with Crippen molar-refractivity contribution in [2.75, 3.05) is 13.2 Å². The summed E-state index contributed by atoms with van der Waals surface area (Å²) in [5.74, 6) is 4.04. The van der Waals surface area contributed by atoms with E-state index in [0.717, 1.165) is 37.3 Å². The number of hydrogen-bond donors (Lipinski definition) is 1. The van der Waals surface area contributed by atoms with Gasteiger partial charge in [0.2, 0.25) is 0 Å². The lowest BCUT2D eigenvalue weighted by Gasteiger charge is -2.27. The third kappa shape index (κ3) is 2.38.